The largest absolute Gasteiger partial charge is 0.279 e. The van der Waals surface area contributed by atoms with Crippen molar-refractivity contribution in [2.75, 3.05) is 10.8 Å². The number of nitrogens with zero attached hydrogens (tertiary/aromatic N) is 1. The lowest BCUT2D eigenvalue weighted by Gasteiger charge is -2.24. The second kappa shape index (κ2) is 7.17. The molecule has 2 rings (SSSR count). The van der Waals surface area contributed by atoms with Crippen molar-refractivity contribution in [3.8, 4) is 0 Å². The Bertz CT molecular complexity index is 844. The fourth-order valence-electron chi connectivity index (χ4n) is 1.83. The lowest BCUT2D eigenvalue weighted by Crippen LogP contribution is -2.34. The van der Waals surface area contributed by atoms with Gasteiger partial charge in [-0.1, -0.05) is 27.5 Å². The second-order valence-corrected chi connectivity index (χ2v) is 8.02. The Labute approximate surface area is 151 Å². The lowest BCUT2D eigenvalue weighted by atomic mass is 10.3. The van der Waals surface area contributed by atoms with Crippen LogP contribution in [0.25, 0.3) is 0 Å². The van der Waals surface area contributed by atoms with E-state index in [2.05, 4.69) is 15.9 Å². The number of carbonyl (C=O) groups excluding carboxylic acids is 1. The number of anilines is 1. The average Bonchev–Trinajstić information content (AvgIpc) is 2.45. The van der Waals surface area contributed by atoms with Gasteiger partial charge in [-0.05, 0) is 54.1 Å². The molecule has 0 unspecified atom stereocenters. The summed E-state index contributed by atoms with van der Waals surface area (Å²) in [6, 6.07) is 8.73. The standard InChI is InChI=1S/C14H9BrCl2FNO3S/c15-9-1-6-13(12(16)7-9)19(8-14(17)20)23(21,22)11-4-2-10(18)3-5-11/h1-7H,8H2. The predicted molar refractivity (Wildman–Crippen MR) is 90.9 cm³/mol. The Morgan fingerprint density at radius 2 is 1.78 bits per heavy atom. The fourth-order valence-corrected chi connectivity index (χ4v) is 4.29. The van der Waals surface area contributed by atoms with Crippen LogP contribution < -0.4 is 4.31 Å². The first-order valence-electron chi connectivity index (χ1n) is 6.13. The van der Waals surface area contributed by atoms with E-state index in [0.29, 0.717) is 4.47 Å². The third kappa shape index (κ3) is 4.23. The van der Waals surface area contributed by atoms with Crippen molar-refractivity contribution in [1.82, 2.24) is 0 Å². The highest BCUT2D eigenvalue weighted by atomic mass is 79.9. The number of carbonyl (C=O) groups is 1. The molecule has 0 N–H and O–H groups in total. The Kier molecular flexibility index (Phi) is 5.67. The molecule has 0 heterocycles. The smallest absolute Gasteiger partial charge is 0.264 e. The van der Waals surface area contributed by atoms with E-state index in [1.807, 2.05) is 0 Å². The Balaban J connectivity index is 2.57. The molecule has 2 aromatic carbocycles. The van der Waals surface area contributed by atoms with Crippen molar-refractivity contribution in [3.05, 3.63) is 57.8 Å². The van der Waals surface area contributed by atoms with E-state index < -0.39 is 27.6 Å². The highest BCUT2D eigenvalue weighted by Gasteiger charge is 2.28. The minimum Gasteiger partial charge on any atom is -0.279 e. The van der Waals surface area contributed by atoms with Crippen LogP contribution in [0, 0.1) is 5.82 Å². The van der Waals surface area contributed by atoms with Crippen LogP contribution in [0.1, 0.15) is 0 Å². The van der Waals surface area contributed by atoms with Gasteiger partial charge in [0.1, 0.15) is 12.4 Å². The molecule has 0 saturated heterocycles. The maximum absolute atomic E-state index is 13.0. The van der Waals surface area contributed by atoms with Gasteiger partial charge in [0.25, 0.3) is 10.0 Å². The van der Waals surface area contributed by atoms with Gasteiger partial charge in [-0.3, -0.25) is 9.10 Å². The number of rotatable bonds is 5. The van der Waals surface area contributed by atoms with Gasteiger partial charge in [-0.2, -0.15) is 0 Å². The first-order chi connectivity index (χ1) is 10.7. The molecule has 0 aliphatic heterocycles. The van der Waals surface area contributed by atoms with E-state index in [9.17, 15) is 17.6 Å². The highest BCUT2D eigenvalue weighted by molar-refractivity contribution is 9.10. The van der Waals surface area contributed by atoms with Crippen molar-refractivity contribution in [2.24, 2.45) is 0 Å². The molecule has 4 nitrogen and oxygen atoms in total. The summed E-state index contributed by atoms with van der Waals surface area (Å²) in [5, 5.41) is -0.766. The summed E-state index contributed by atoms with van der Waals surface area (Å²) in [7, 11) is -4.14. The molecule has 0 aromatic heterocycles. The summed E-state index contributed by atoms with van der Waals surface area (Å²) >= 11 is 14.7. The van der Waals surface area contributed by atoms with Crippen molar-refractivity contribution >= 4 is 60.1 Å². The van der Waals surface area contributed by atoms with Crippen molar-refractivity contribution < 1.29 is 17.6 Å². The minimum atomic E-state index is -4.14. The topological polar surface area (TPSA) is 54.5 Å². The van der Waals surface area contributed by atoms with Gasteiger partial charge in [-0.25, -0.2) is 12.8 Å². The highest BCUT2D eigenvalue weighted by Crippen LogP contribution is 2.32. The van der Waals surface area contributed by atoms with Crippen LogP contribution in [-0.2, 0) is 14.8 Å². The third-order valence-corrected chi connectivity index (χ3v) is 5.54. The van der Waals surface area contributed by atoms with Crippen LogP contribution in [0.4, 0.5) is 10.1 Å². The summed E-state index contributed by atoms with van der Waals surface area (Å²) in [4.78, 5) is 11.1. The van der Waals surface area contributed by atoms with Crippen LogP contribution in [-0.4, -0.2) is 20.2 Å². The summed E-state index contributed by atoms with van der Waals surface area (Å²) in [5.74, 6) is -0.578. The number of benzene rings is 2. The van der Waals surface area contributed by atoms with E-state index in [-0.39, 0.29) is 15.6 Å². The van der Waals surface area contributed by atoms with Crippen LogP contribution in [0.2, 0.25) is 5.02 Å². The molecule has 23 heavy (non-hydrogen) atoms. The average molecular weight is 441 g/mol. The number of hydrogen-bond acceptors (Lipinski definition) is 3. The molecule has 2 aromatic rings. The molecule has 0 bridgehead atoms. The van der Waals surface area contributed by atoms with Gasteiger partial charge >= 0.3 is 0 Å². The third-order valence-electron chi connectivity index (χ3n) is 2.85. The Morgan fingerprint density at radius 3 is 2.30 bits per heavy atom. The van der Waals surface area contributed by atoms with E-state index in [1.54, 1.807) is 6.07 Å². The van der Waals surface area contributed by atoms with Gasteiger partial charge in [0, 0.05) is 4.47 Å². The first-order valence-corrected chi connectivity index (χ1v) is 9.12. The molecule has 0 atom stereocenters. The maximum Gasteiger partial charge on any atom is 0.264 e. The Hall–Kier alpha value is -1.15. The zero-order chi connectivity index (χ0) is 17.2. The van der Waals surface area contributed by atoms with Gasteiger partial charge in [0.15, 0.2) is 0 Å². The lowest BCUT2D eigenvalue weighted by molar-refractivity contribution is -0.110. The zero-order valence-electron chi connectivity index (χ0n) is 11.3. The second-order valence-electron chi connectivity index (χ2n) is 4.42. The van der Waals surface area contributed by atoms with Crippen molar-refractivity contribution in [3.63, 3.8) is 0 Å². The quantitative estimate of drug-likeness (QED) is 0.654. The SMILES string of the molecule is O=C(Cl)CN(c1ccc(Br)cc1Cl)S(=O)(=O)c1ccc(F)cc1. The number of hydrogen-bond donors (Lipinski definition) is 0. The molecule has 0 fully saturated rings. The van der Waals surface area contributed by atoms with Gasteiger partial charge in [-0.15, -0.1) is 0 Å². The predicted octanol–water partition coefficient (Wildman–Crippen LogP) is 4.20. The van der Waals surface area contributed by atoms with Gasteiger partial charge < -0.3 is 0 Å². The Morgan fingerprint density at radius 1 is 1.17 bits per heavy atom. The molecule has 0 spiro atoms. The molecular weight excluding hydrogens is 432 g/mol. The summed E-state index contributed by atoms with van der Waals surface area (Å²) in [6.07, 6.45) is 0. The van der Waals surface area contributed by atoms with Crippen LogP contribution >= 0.6 is 39.1 Å². The number of sulfonamides is 1. The van der Waals surface area contributed by atoms with E-state index >= 15 is 0 Å². The first kappa shape index (κ1) is 18.2. The molecule has 0 saturated carbocycles. The van der Waals surface area contributed by atoms with Crippen LogP contribution in [0.3, 0.4) is 0 Å². The fraction of sp³-hybridized carbons (Fsp3) is 0.0714. The van der Waals surface area contributed by atoms with E-state index in [1.165, 1.54) is 12.1 Å². The molecule has 122 valence electrons. The van der Waals surface area contributed by atoms with Crippen molar-refractivity contribution in [1.29, 1.82) is 0 Å². The molecular formula is C14H9BrCl2FNO3S. The summed E-state index contributed by atoms with van der Waals surface area (Å²) < 4.78 is 39.9. The summed E-state index contributed by atoms with van der Waals surface area (Å²) in [5.41, 5.74) is 0.0909. The molecule has 0 aliphatic carbocycles. The van der Waals surface area contributed by atoms with E-state index in [4.69, 9.17) is 23.2 Å². The van der Waals surface area contributed by atoms with Crippen molar-refractivity contribution in [2.45, 2.75) is 4.90 Å². The number of halogens is 4. The van der Waals surface area contributed by atoms with Crippen LogP contribution in [0.5, 0.6) is 0 Å². The molecule has 9 heteroatoms. The molecule has 0 amide bonds. The zero-order valence-corrected chi connectivity index (χ0v) is 15.3. The molecule has 0 aliphatic rings. The van der Waals surface area contributed by atoms with Crippen LogP contribution in [0.15, 0.2) is 51.8 Å². The minimum absolute atomic E-state index is 0.0909. The maximum atomic E-state index is 13.0. The monoisotopic (exact) mass is 439 g/mol. The van der Waals surface area contributed by atoms with Gasteiger partial charge in [0.2, 0.25) is 5.24 Å². The summed E-state index contributed by atoms with van der Waals surface area (Å²) in [6.45, 7) is -0.609. The molecule has 0 radical (unpaired) electrons. The van der Waals surface area contributed by atoms with Gasteiger partial charge in [0.05, 0.1) is 15.6 Å². The normalized spacial score (nSPS) is 11.3. The van der Waals surface area contributed by atoms with E-state index in [0.717, 1.165) is 28.6 Å².